The summed E-state index contributed by atoms with van der Waals surface area (Å²) in [6.45, 7) is 4.04. The number of fused-ring (bicyclic) bond motifs is 1. The highest BCUT2D eigenvalue weighted by molar-refractivity contribution is 7.92. The summed E-state index contributed by atoms with van der Waals surface area (Å²) in [5.41, 5.74) is 1.46. The molecule has 1 unspecified atom stereocenters. The van der Waals surface area contributed by atoms with Crippen LogP contribution in [0.2, 0.25) is 0 Å². The van der Waals surface area contributed by atoms with Crippen molar-refractivity contribution in [2.75, 3.05) is 47.1 Å². The first-order chi connectivity index (χ1) is 22.6. The maximum Gasteiger partial charge on any atom is 0.432 e. The number of imidazole rings is 1. The van der Waals surface area contributed by atoms with Gasteiger partial charge in [0.25, 0.3) is 0 Å². The highest BCUT2D eigenvalue weighted by atomic mass is 32.2. The van der Waals surface area contributed by atoms with Crippen molar-refractivity contribution < 1.29 is 22.8 Å². The molecule has 246 valence electrons. The number of H-pyrrole nitrogens is 1. The fourth-order valence-corrected chi connectivity index (χ4v) is 6.99. The van der Waals surface area contributed by atoms with Crippen LogP contribution in [0.5, 0.6) is 5.88 Å². The molecule has 2 N–H and O–H groups in total. The van der Waals surface area contributed by atoms with E-state index in [0.717, 1.165) is 36.2 Å². The Labute approximate surface area is 270 Å². The minimum atomic E-state index is -3.89. The monoisotopic (exact) mass is 663 g/mol. The van der Waals surface area contributed by atoms with Crippen molar-refractivity contribution in [3.8, 4) is 11.9 Å². The Morgan fingerprint density at radius 3 is 2.49 bits per heavy atom. The Morgan fingerprint density at radius 1 is 1.13 bits per heavy atom. The Balaban J connectivity index is 1.29. The molecule has 0 amide bonds. The number of morpholine rings is 1. The summed E-state index contributed by atoms with van der Waals surface area (Å²) in [6.07, 6.45) is 9.58. The topological polar surface area (TPSA) is 218 Å². The van der Waals surface area contributed by atoms with Crippen LogP contribution >= 0.6 is 0 Å². The molecular formula is C29H33N11O6S. The molecule has 1 saturated carbocycles. The molecule has 0 aromatic carbocycles. The third kappa shape index (κ3) is 7.15. The number of aromatic amines is 1. The van der Waals surface area contributed by atoms with Gasteiger partial charge in [0.1, 0.15) is 29.9 Å². The zero-order chi connectivity index (χ0) is 33.1. The van der Waals surface area contributed by atoms with E-state index in [1.165, 1.54) is 24.8 Å². The second-order valence-electron chi connectivity index (χ2n) is 11.4. The number of rotatable bonds is 10. The van der Waals surface area contributed by atoms with Crippen LogP contribution in [0.1, 0.15) is 49.9 Å². The fourth-order valence-electron chi connectivity index (χ4n) is 5.82. The molecule has 6 rings (SSSR count). The highest BCUT2D eigenvalue weighted by Gasteiger charge is 2.31. The van der Waals surface area contributed by atoms with Crippen LogP contribution in [-0.4, -0.2) is 87.9 Å². The predicted molar refractivity (Wildman–Crippen MR) is 171 cm³/mol. The van der Waals surface area contributed by atoms with Crippen LogP contribution in [0.4, 0.5) is 23.4 Å². The molecule has 2 aliphatic rings. The minimum Gasteiger partial charge on any atom is -0.474 e. The molecule has 1 atom stereocenters. The smallest absolute Gasteiger partial charge is 0.432 e. The average molecular weight is 664 g/mol. The number of ether oxygens (including phenoxy) is 2. The van der Waals surface area contributed by atoms with Gasteiger partial charge >= 0.3 is 5.95 Å². The van der Waals surface area contributed by atoms with E-state index in [0.29, 0.717) is 60.4 Å². The molecule has 17 nitrogen and oxygen atoms in total. The molecule has 0 radical (unpaired) electrons. The Morgan fingerprint density at radius 2 is 1.85 bits per heavy atom. The summed E-state index contributed by atoms with van der Waals surface area (Å²) in [6, 6.07) is 4.80. The summed E-state index contributed by atoms with van der Waals surface area (Å²) in [4.78, 5) is 36.9. The maximum atomic E-state index is 13.1. The van der Waals surface area contributed by atoms with Crippen LogP contribution in [0.3, 0.4) is 0 Å². The van der Waals surface area contributed by atoms with Gasteiger partial charge in [0.2, 0.25) is 21.9 Å². The Kier molecular flexibility index (Phi) is 9.00. The first-order valence-corrected chi connectivity index (χ1v) is 16.9. The quantitative estimate of drug-likeness (QED) is 0.184. The predicted octanol–water partition coefficient (Wildman–Crippen LogP) is 3.09. The Hall–Kier alpha value is -5.15. The fraction of sp³-hybridized carbons (Fsp3) is 0.448. The zero-order valence-electron chi connectivity index (χ0n) is 25.7. The molecule has 1 aliphatic carbocycles. The van der Waals surface area contributed by atoms with Gasteiger partial charge in [-0.1, -0.05) is 4.98 Å². The van der Waals surface area contributed by atoms with E-state index in [2.05, 4.69) is 35.1 Å². The van der Waals surface area contributed by atoms with Gasteiger partial charge < -0.3 is 29.8 Å². The van der Waals surface area contributed by atoms with E-state index >= 15 is 0 Å². The SMILES string of the molecule is CC(c1cnc([N+](=O)[O-])[nH]1)N(c1cnc2cc(N3CCOCC3)nc(OC3CCC(Nc4ncc(C#N)cn4)CC3)c2c1)S(C)(=O)=O. The van der Waals surface area contributed by atoms with E-state index in [4.69, 9.17) is 19.7 Å². The lowest BCUT2D eigenvalue weighted by Gasteiger charge is -2.31. The first-order valence-electron chi connectivity index (χ1n) is 15.1. The number of pyridine rings is 2. The average Bonchev–Trinajstić information content (AvgIpc) is 3.57. The van der Waals surface area contributed by atoms with Gasteiger partial charge in [0.05, 0.1) is 66.3 Å². The van der Waals surface area contributed by atoms with E-state index < -0.39 is 26.9 Å². The molecule has 4 aromatic rings. The first kappa shape index (κ1) is 31.8. The van der Waals surface area contributed by atoms with Crippen molar-refractivity contribution in [1.82, 2.24) is 29.9 Å². The lowest BCUT2D eigenvalue weighted by atomic mass is 9.93. The molecule has 4 aromatic heterocycles. The van der Waals surface area contributed by atoms with Gasteiger partial charge in [0, 0.05) is 25.2 Å². The number of hydrogen-bond donors (Lipinski definition) is 2. The van der Waals surface area contributed by atoms with Gasteiger partial charge in [-0.2, -0.15) is 10.2 Å². The largest absolute Gasteiger partial charge is 0.474 e. The number of nitrogens with one attached hydrogen (secondary N) is 2. The zero-order valence-corrected chi connectivity index (χ0v) is 26.6. The van der Waals surface area contributed by atoms with Gasteiger partial charge in [-0.05, 0) is 43.6 Å². The van der Waals surface area contributed by atoms with Crippen molar-refractivity contribution in [2.24, 2.45) is 0 Å². The van der Waals surface area contributed by atoms with Crippen molar-refractivity contribution in [2.45, 2.75) is 50.8 Å². The van der Waals surface area contributed by atoms with Crippen molar-refractivity contribution in [3.63, 3.8) is 0 Å². The van der Waals surface area contributed by atoms with Crippen LogP contribution in [0, 0.1) is 21.4 Å². The lowest BCUT2D eigenvalue weighted by molar-refractivity contribution is -0.393. The molecule has 0 bridgehead atoms. The number of sulfonamides is 1. The number of hydrogen-bond acceptors (Lipinski definition) is 14. The van der Waals surface area contributed by atoms with Crippen LogP contribution in [0.25, 0.3) is 10.9 Å². The molecular weight excluding hydrogens is 630 g/mol. The van der Waals surface area contributed by atoms with Gasteiger partial charge in [-0.3, -0.25) is 9.29 Å². The van der Waals surface area contributed by atoms with Crippen molar-refractivity contribution >= 4 is 44.3 Å². The standard InChI is InChI=1S/C29H33N11O6S/c1-18(25-17-34-29(36-25)40(41)42)39(47(2,43)44)21-11-23-24(31-16-21)12-26(38-7-9-45-10-8-38)37-27(23)46-22-5-3-20(4-6-22)35-28-32-14-19(13-30)15-33-28/h11-12,14-18,20,22H,3-10H2,1-2H3,(H,34,36)(H,32,33,35). The Bertz CT molecular complexity index is 1900. The number of nitro groups is 1. The highest BCUT2D eigenvalue weighted by Crippen LogP contribution is 2.36. The summed E-state index contributed by atoms with van der Waals surface area (Å²) < 4.78 is 39.4. The van der Waals surface area contributed by atoms with Gasteiger partial charge in [-0.25, -0.2) is 23.4 Å². The molecule has 0 spiro atoms. The molecule has 1 aliphatic heterocycles. The second-order valence-corrected chi connectivity index (χ2v) is 13.3. The lowest BCUT2D eigenvalue weighted by Crippen LogP contribution is -2.37. The number of nitrogens with zero attached hydrogens (tertiary/aromatic N) is 9. The van der Waals surface area contributed by atoms with Gasteiger partial charge in [-0.15, -0.1) is 0 Å². The van der Waals surface area contributed by atoms with E-state index in [-0.39, 0.29) is 23.5 Å². The number of anilines is 3. The maximum absolute atomic E-state index is 13.1. The third-order valence-corrected chi connectivity index (χ3v) is 9.43. The number of aromatic nitrogens is 6. The molecule has 18 heteroatoms. The second kappa shape index (κ2) is 13.3. The van der Waals surface area contributed by atoms with E-state index in [1.54, 1.807) is 13.0 Å². The van der Waals surface area contributed by atoms with Gasteiger partial charge in [0.15, 0.2) is 0 Å². The third-order valence-electron chi connectivity index (χ3n) is 8.19. The van der Waals surface area contributed by atoms with E-state index in [1.807, 2.05) is 12.1 Å². The van der Waals surface area contributed by atoms with E-state index in [9.17, 15) is 18.5 Å². The summed E-state index contributed by atoms with van der Waals surface area (Å²) in [5.74, 6) is 1.000. The normalized spacial score (nSPS) is 19.1. The molecule has 5 heterocycles. The minimum absolute atomic E-state index is 0.128. The number of nitriles is 1. The molecule has 1 saturated heterocycles. The van der Waals surface area contributed by atoms with Crippen LogP contribution < -0.4 is 19.3 Å². The van der Waals surface area contributed by atoms with Crippen molar-refractivity contribution in [3.05, 3.63) is 58.3 Å². The summed E-state index contributed by atoms with van der Waals surface area (Å²) in [5, 5.41) is 24.1. The molecule has 47 heavy (non-hydrogen) atoms. The molecule has 2 fully saturated rings. The van der Waals surface area contributed by atoms with Crippen LogP contribution in [-0.2, 0) is 14.8 Å². The summed E-state index contributed by atoms with van der Waals surface area (Å²) in [7, 11) is -3.89. The van der Waals surface area contributed by atoms with Crippen molar-refractivity contribution in [1.29, 1.82) is 5.26 Å². The summed E-state index contributed by atoms with van der Waals surface area (Å²) >= 11 is 0. The van der Waals surface area contributed by atoms with Crippen LogP contribution in [0.15, 0.2) is 36.9 Å².